The molecule has 23 aromatic carbocycles. The molecule has 0 radical (unpaired) electrons. The predicted octanol–water partition coefficient (Wildman–Crippen LogP) is 33.0. The topological polar surface area (TPSA) is 6.48 Å². The number of anilines is 6. The summed E-state index contributed by atoms with van der Waals surface area (Å²) in [5, 5.41) is 27.5. The molecule has 0 saturated carbocycles. The van der Waals surface area contributed by atoms with E-state index in [2.05, 4.69) is 471 Å². The first-order valence-corrected chi connectivity index (χ1v) is 40.7. The van der Waals surface area contributed by atoms with E-state index in [9.17, 15) is 0 Å². The van der Waals surface area contributed by atoms with Crippen molar-refractivity contribution in [2.24, 2.45) is 0 Å². The molecule has 0 bridgehead atoms. The highest BCUT2D eigenvalue weighted by molar-refractivity contribution is 6.19. The molecule has 0 unspecified atom stereocenters. The highest BCUT2D eigenvalue weighted by Crippen LogP contribution is 2.49. The molecule has 0 aliphatic heterocycles. The van der Waals surface area contributed by atoms with Gasteiger partial charge in [-0.15, -0.1) is 0 Å². The van der Waals surface area contributed by atoms with E-state index in [1.807, 2.05) is 0 Å². The maximum Gasteiger partial charge on any atom is 0.0540 e. The molecule has 0 aliphatic carbocycles. The van der Waals surface area contributed by atoms with Gasteiger partial charge in [0.15, 0.2) is 0 Å². The van der Waals surface area contributed by atoms with E-state index < -0.39 is 0 Å². The Bertz CT molecular complexity index is 7570. The first kappa shape index (κ1) is 69.3. The van der Waals surface area contributed by atoms with Crippen molar-refractivity contribution in [1.82, 2.24) is 0 Å². The Labute approximate surface area is 685 Å². The summed E-state index contributed by atoms with van der Waals surface area (Å²) in [5.41, 5.74) is 21.3. The van der Waals surface area contributed by atoms with Crippen LogP contribution < -0.4 is 9.80 Å². The van der Waals surface area contributed by atoms with Gasteiger partial charge in [-0.1, -0.05) is 364 Å². The van der Waals surface area contributed by atoms with Crippen molar-refractivity contribution >= 4 is 153 Å². The van der Waals surface area contributed by atoms with Gasteiger partial charge in [0.2, 0.25) is 0 Å². The smallest absolute Gasteiger partial charge is 0.0540 e. The molecule has 550 valence electrons. The molecule has 0 N–H and O–H groups in total. The third-order valence-electron chi connectivity index (χ3n) is 24.2. The lowest BCUT2D eigenvalue weighted by molar-refractivity contribution is 1.30. The van der Waals surface area contributed by atoms with E-state index in [1.54, 1.807) is 0 Å². The van der Waals surface area contributed by atoms with Gasteiger partial charge >= 0.3 is 0 Å². The quantitative estimate of drug-likeness (QED) is 0.113. The molecule has 0 spiro atoms. The number of rotatable bonds is 12. The molecule has 23 aromatic rings. The number of hydrogen-bond acceptors (Lipinski definition) is 2. The Morgan fingerprint density at radius 2 is 0.347 bits per heavy atom. The Balaban J connectivity index is 0.000000145. The van der Waals surface area contributed by atoms with Crippen LogP contribution in [-0.2, 0) is 0 Å². The Morgan fingerprint density at radius 3 is 0.712 bits per heavy atom. The molecule has 2 heteroatoms. The van der Waals surface area contributed by atoms with Crippen LogP contribution in [0.5, 0.6) is 0 Å². The van der Waals surface area contributed by atoms with Gasteiger partial charge in [0.1, 0.15) is 0 Å². The van der Waals surface area contributed by atoms with E-state index >= 15 is 0 Å². The summed E-state index contributed by atoms with van der Waals surface area (Å²) in [7, 11) is 0. The zero-order valence-corrected chi connectivity index (χ0v) is 64.8. The molecular formula is C116H76N2. The van der Waals surface area contributed by atoms with Crippen LogP contribution in [0, 0.1) is 0 Å². The fourth-order valence-electron chi connectivity index (χ4n) is 18.4. The zero-order valence-electron chi connectivity index (χ0n) is 64.8. The standard InChI is InChI=1S/C64H41N.C52H35N/c1-4-18-49-44(15-1)39-61(56-25-10-7-21-52(49)56)42-29-33-47(34-30-42)65(48-35-31-43(32-36-48)62-40-45-16-2-5-19-50(45)53-22-8-11-26-57(53)62)64-38-37-59(55-24-13-14-28-60(55)64)63-41-46-17-3-6-20-51(46)54-23-9-12-27-58(54)63;1-4-12-41-33-44(20-17-36(41)9-1)39-23-27-47(28-24-39)53(48-29-25-40(26-30-48)45-21-18-37-10-2-5-13-42(37)34-45)52-32-31-49(50-15-7-8-16-51(50)52)46-22-19-38-11-3-6-14-43(38)35-46/h1-41H;1-35H. The van der Waals surface area contributed by atoms with Crippen LogP contribution in [0.4, 0.5) is 34.1 Å². The van der Waals surface area contributed by atoms with Crippen molar-refractivity contribution in [2.45, 2.75) is 0 Å². The average Bonchev–Trinajstić information content (AvgIpc) is 0.747. The summed E-state index contributed by atoms with van der Waals surface area (Å²) in [6.07, 6.45) is 0. The maximum absolute atomic E-state index is 2.44. The maximum atomic E-state index is 2.44. The minimum absolute atomic E-state index is 1.09. The van der Waals surface area contributed by atoms with Gasteiger partial charge in [-0.05, 0) is 272 Å². The molecule has 2 nitrogen and oxygen atoms in total. The van der Waals surface area contributed by atoms with Gasteiger partial charge < -0.3 is 9.80 Å². The SMILES string of the molecule is c1ccc2c(c1)cc(-c1ccc(N(c3ccc(-c4cc5ccccc5c5ccccc45)cc3)c3ccc(-c4cc5ccccc5c5ccccc45)c4ccccc34)cc1)c1ccccc12.c1ccc2cc(-c3ccc(N(c4ccc(-c5ccc6ccccc6c5)cc4)c4ccc(-c5ccc6ccccc6c5)c5ccccc45)cc3)ccc2c1. The number of hydrogen-bond donors (Lipinski definition) is 0. The van der Waals surface area contributed by atoms with Crippen LogP contribution >= 0.6 is 0 Å². The summed E-state index contributed by atoms with van der Waals surface area (Å²) in [6, 6.07) is 169. The van der Waals surface area contributed by atoms with Crippen LogP contribution in [0.3, 0.4) is 0 Å². The molecule has 0 amide bonds. The summed E-state index contributed by atoms with van der Waals surface area (Å²) in [5.74, 6) is 0. The van der Waals surface area contributed by atoms with Crippen molar-refractivity contribution < 1.29 is 0 Å². The molecular weight excluding hydrogens is 1420 g/mol. The van der Waals surface area contributed by atoms with Crippen LogP contribution in [0.25, 0.3) is 185 Å². The minimum atomic E-state index is 1.09. The highest BCUT2D eigenvalue weighted by atomic mass is 15.1. The monoisotopic (exact) mass is 1500 g/mol. The van der Waals surface area contributed by atoms with E-state index in [1.165, 1.54) is 185 Å². The van der Waals surface area contributed by atoms with Gasteiger partial charge in [0.05, 0.1) is 11.4 Å². The third-order valence-corrected chi connectivity index (χ3v) is 24.2. The second kappa shape index (κ2) is 29.5. The van der Waals surface area contributed by atoms with E-state index in [4.69, 9.17) is 0 Å². The normalized spacial score (nSPS) is 11.6. The second-order valence-corrected chi connectivity index (χ2v) is 31.0. The third kappa shape index (κ3) is 12.5. The molecule has 23 rings (SSSR count). The summed E-state index contributed by atoms with van der Waals surface area (Å²) in [6.45, 7) is 0. The van der Waals surface area contributed by atoms with Crippen molar-refractivity contribution in [3.05, 3.63) is 461 Å². The van der Waals surface area contributed by atoms with Crippen molar-refractivity contribution in [3.63, 3.8) is 0 Å². The van der Waals surface area contributed by atoms with Gasteiger partial charge in [0, 0.05) is 33.5 Å². The molecule has 118 heavy (non-hydrogen) atoms. The lowest BCUT2D eigenvalue weighted by atomic mass is 9.90. The lowest BCUT2D eigenvalue weighted by Crippen LogP contribution is -2.10. The van der Waals surface area contributed by atoms with Crippen LogP contribution in [0.1, 0.15) is 0 Å². The molecule has 0 atom stereocenters. The Kier molecular flexibility index (Phi) is 17.3. The highest BCUT2D eigenvalue weighted by Gasteiger charge is 2.23. The van der Waals surface area contributed by atoms with E-state index in [0.29, 0.717) is 0 Å². The van der Waals surface area contributed by atoms with Gasteiger partial charge in [0.25, 0.3) is 0 Å². The first-order valence-electron chi connectivity index (χ1n) is 40.7. The largest absolute Gasteiger partial charge is 0.310 e. The Hall–Kier alpha value is -15.5. The summed E-state index contributed by atoms with van der Waals surface area (Å²) in [4.78, 5) is 4.84. The van der Waals surface area contributed by atoms with Crippen LogP contribution in [0.2, 0.25) is 0 Å². The number of benzene rings is 23. The van der Waals surface area contributed by atoms with E-state index in [0.717, 1.165) is 34.1 Å². The summed E-state index contributed by atoms with van der Waals surface area (Å²) < 4.78 is 0. The number of nitrogens with zero attached hydrogens (tertiary/aromatic N) is 2. The molecule has 0 aromatic heterocycles. The second-order valence-electron chi connectivity index (χ2n) is 31.0. The Morgan fingerprint density at radius 1 is 0.110 bits per heavy atom. The van der Waals surface area contributed by atoms with Crippen molar-refractivity contribution in [3.8, 4) is 66.8 Å². The van der Waals surface area contributed by atoms with Crippen LogP contribution in [0.15, 0.2) is 461 Å². The van der Waals surface area contributed by atoms with Gasteiger partial charge in [-0.3, -0.25) is 0 Å². The fraction of sp³-hybridized carbons (Fsp3) is 0. The average molecular weight is 1500 g/mol. The predicted molar refractivity (Wildman–Crippen MR) is 507 cm³/mol. The fourth-order valence-corrected chi connectivity index (χ4v) is 18.4. The molecule has 0 aliphatic rings. The molecule has 0 heterocycles. The van der Waals surface area contributed by atoms with E-state index in [-0.39, 0.29) is 0 Å². The number of fused-ring (bicyclic) bond motifs is 14. The lowest BCUT2D eigenvalue weighted by Gasteiger charge is -2.28. The van der Waals surface area contributed by atoms with Gasteiger partial charge in [-0.25, -0.2) is 0 Å². The van der Waals surface area contributed by atoms with Crippen LogP contribution in [-0.4, -0.2) is 0 Å². The zero-order chi connectivity index (χ0) is 78.0. The van der Waals surface area contributed by atoms with Crippen molar-refractivity contribution in [1.29, 1.82) is 0 Å². The molecule has 0 saturated heterocycles. The molecule has 0 fully saturated rings. The van der Waals surface area contributed by atoms with Gasteiger partial charge in [-0.2, -0.15) is 0 Å². The minimum Gasteiger partial charge on any atom is -0.310 e. The first-order chi connectivity index (χ1) is 58.5. The van der Waals surface area contributed by atoms with Crippen molar-refractivity contribution in [2.75, 3.05) is 9.80 Å². The summed E-state index contributed by atoms with van der Waals surface area (Å²) >= 11 is 0.